The van der Waals surface area contributed by atoms with Crippen molar-refractivity contribution >= 4 is 39.0 Å². The van der Waals surface area contributed by atoms with Crippen LogP contribution in [0.4, 0.5) is 21.9 Å². The Bertz CT molecular complexity index is 704. The van der Waals surface area contributed by atoms with Gasteiger partial charge in [0.25, 0.3) is 5.69 Å². The van der Waals surface area contributed by atoms with E-state index in [1.165, 1.54) is 18.2 Å². The number of hydrogen-bond donors (Lipinski definition) is 2. The summed E-state index contributed by atoms with van der Waals surface area (Å²) in [4.78, 5) is 22.0. The van der Waals surface area contributed by atoms with Crippen molar-refractivity contribution in [2.75, 3.05) is 10.6 Å². The number of halogens is 1. The molecule has 0 unspecified atom stereocenters. The van der Waals surface area contributed by atoms with Crippen molar-refractivity contribution in [3.05, 3.63) is 62.6 Å². The van der Waals surface area contributed by atoms with Gasteiger partial charge < -0.3 is 10.6 Å². The third kappa shape index (κ3) is 4.03. The fourth-order valence-electron chi connectivity index (χ4n) is 1.66. The Morgan fingerprint density at radius 2 is 1.81 bits per heavy atom. The molecule has 6 nitrogen and oxygen atoms in total. The first-order valence-electron chi connectivity index (χ1n) is 6.04. The standard InChI is InChI=1S/C14H12BrN3O3/c1-9-5-6-11(8-13(9)15)17-14(19)16-10-3-2-4-12(7-10)18(20)21/h2-8H,1H3,(H2,16,17,19). The Hall–Kier alpha value is -2.41. The van der Waals surface area contributed by atoms with Crippen LogP contribution in [-0.2, 0) is 0 Å². The van der Waals surface area contributed by atoms with Gasteiger partial charge in [0.2, 0.25) is 0 Å². The van der Waals surface area contributed by atoms with Crippen LogP contribution in [0.5, 0.6) is 0 Å². The number of nitro benzene ring substituents is 1. The Balaban J connectivity index is 2.06. The minimum atomic E-state index is -0.514. The summed E-state index contributed by atoms with van der Waals surface area (Å²) in [5, 5.41) is 15.9. The number of benzene rings is 2. The predicted molar refractivity (Wildman–Crippen MR) is 84.6 cm³/mol. The molecular formula is C14H12BrN3O3. The Morgan fingerprint density at radius 1 is 1.14 bits per heavy atom. The van der Waals surface area contributed by atoms with E-state index in [0.29, 0.717) is 11.4 Å². The summed E-state index contributed by atoms with van der Waals surface area (Å²) in [6, 6.07) is 10.7. The highest BCUT2D eigenvalue weighted by Crippen LogP contribution is 2.21. The molecule has 0 heterocycles. The molecule has 0 saturated carbocycles. The van der Waals surface area contributed by atoms with Crippen molar-refractivity contribution in [2.45, 2.75) is 6.92 Å². The number of urea groups is 1. The highest BCUT2D eigenvalue weighted by atomic mass is 79.9. The highest BCUT2D eigenvalue weighted by molar-refractivity contribution is 9.10. The van der Waals surface area contributed by atoms with Crippen LogP contribution in [0.25, 0.3) is 0 Å². The molecule has 108 valence electrons. The van der Waals surface area contributed by atoms with Crippen molar-refractivity contribution in [2.24, 2.45) is 0 Å². The average molecular weight is 350 g/mol. The molecule has 2 amide bonds. The smallest absolute Gasteiger partial charge is 0.308 e. The van der Waals surface area contributed by atoms with Gasteiger partial charge in [-0.3, -0.25) is 10.1 Å². The highest BCUT2D eigenvalue weighted by Gasteiger charge is 2.08. The summed E-state index contributed by atoms with van der Waals surface area (Å²) in [6.07, 6.45) is 0. The molecular weight excluding hydrogens is 338 g/mol. The average Bonchev–Trinajstić information content (AvgIpc) is 2.43. The lowest BCUT2D eigenvalue weighted by atomic mass is 10.2. The molecule has 0 aliphatic heterocycles. The zero-order chi connectivity index (χ0) is 15.4. The van der Waals surface area contributed by atoms with Gasteiger partial charge in [-0.25, -0.2) is 4.79 Å². The van der Waals surface area contributed by atoms with Crippen LogP contribution >= 0.6 is 15.9 Å². The largest absolute Gasteiger partial charge is 0.323 e. The second kappa shape index (κ2) is 6.36. The van der Waals surface area contributed by atoms with Gasteiger partial charge in [0.1, 0.15) is 0 Å². The molecule has 2 aromatic carbocycles. The van der Waals surface area contributed by atoms with E-state index in [0.717, 1.165) is 10.0 Å². The molecule has 2 aromatic rings. The third-order valence-corrected chi connectivity index (χ3v) is 3.60. The number of non-ortho nitro benzene ring substituents is 1. The molecule has 0 aromatic heterocycles. The first-order valence-corrected chi connectivity index (χ1v) is 6.83. The number of hydrogen-bond acceptors (Lipinski definition) is 3. The van der Waals surface area contributed by atoms with Gasteiger partial charge in [-0.15, -0.1) is 0 Å². The van der Waals surface area contributed by atoms with Crippen molar-refractivity contribution in [1.29, 1.82) is 0 Å². The summed E-state index contributed by atoms with van der Waals surface area (Å²) in [5.74, 6) is 0. The maximum Gasteiger partial charge on any atom is 0.323 e. The number of nitro groups is 1. The van der Waals surface area contributed by atoms with Crippen LogP contribution in [0.15, 0.2) is 46.9 Å². The molecule has 0 atom stereocenters. The number of nitrogens with one attached hydrogen (secondary N) is 2. The second-order valence-electron chi connectivity index (χ2n) is 4.35. The van der Waals surface area contributed by atoms with Crippen molar-refractivity contribution < 1.29 is 9.72 Å². The van der Waals surface area contributed by atoms with E-state index in [1.54, 1.807) is 18.2 Å². The molecule has 0 bridgehead atoms. The maximum atomic E-state index is 11.9. The van der Waals surface area contributed by atoms with Gasteiger partial charge in [0.15, 0.2) is 0 Å². The van der Waals surface area contributed by atoms with Gasteiger partial charge in [-0.05, 0) is 30.7 Å². The second-order valence-corrected chi connectivity index (χ2v) is 5.20. The quantitative estimate of drug-likeness (QED) is 0.639. The fourth-order valence-corrected chi connectivity index (χ4v) is 2.04. The van der Waals surface area contributed by atoms with Crippen LogP contribution in [0.1, 0.15) is 5.56 Å². The lowest BCUT2D eigenvalue weighted by molar-refractivity contribution is -0.384. The van der Waals surface area contributed by atoms with E-state index in [1.807, 2.05) is 13.0 Å². The Kier molecular flexibility index (Phi) is 4.54. The molecule has 7 heteroatoms. The number of anilines is 2. The van der Waals surface area contributed by atoms with Crippen molar-refractivity contribution in [3.63, 3.8) is 0 Å². The number of amides is 2. The van der Waals surface area contributed by atoms with Crippen LogP contribution in [0.3, 0.4) is 0 Å². The first-order chi connectivity index (χ1) is 9.95. The van der Waals surface area contributed by atoms with E-state index in [2.05, 4.69) is 26.6 Å². The number of carbonyl (C=O) groups is 1. The molecule has 0 saturated heterocycles. The Labute approximate surface area is 129 Å². The first kappa shape index (κ1) is 15.0. The van der Waals surface area contributed by atoms with Gasteiger partial charge >= 0.3 is 6.03 Å². The number of rotatable bonds is 3. The Morgan fingerprint density at radius 3 is 2.43 bits per heavy atom. The molecule has 0 spiro atoms. The SMILES string of the molecule is Cc1ccc(NC(=O)Nc2cccc([N+](=O)[O-])c2)cc1Br. The minimum Gasteiger partial charge on any atom is -0.308 e. The predicted octanol–water partition coefficient (Wildman–Crippen LogP) is 4.31. The molecule has 0 aliphatic carbocycles. The van der Waals surface area contributed by atoms with Crippen LogP contribution in [0.2, 0.25) is 0 Å². The van der Waals surface area contributed by atoms with E-state index >= 15 is 0 Å². The molecule has 0 fully saturated rings. The van der Waals surface area contributed by atoms with Crippen molar-refractivity contribution in [1.82, 2.24) is 0 Å². The normalized spacial score (nSPS) is 10.0. The molecule has 2 rings (SSSR count). The lowest BCUT2D eigenvalue weighted by Crippen LogP contribution is -2.19. The van der Waals surface area contributed by atoms with E-state index in [4.69, 9.17) is 0 Å². The zero-order valence-corrected chi connectivity index (χ0v) is 12.7. The number of aryl methyl sites for hydroxylation is 1. The molecule has 0 radical (unpaired) electrons. The fraction of sp³-hybridized carbons (Fsp3) is 0.0714. The van der Waals surface area contributed by atoms with E-state index in [-0.39, 0.29) is 5.69 Å². The van der Waals surface area contributed by atoms with Gasteiger partial charge in [0.05, 0.1) is 4.92 Å². The van der Waals surface area contributed by atoms with Crippen LogP contribution < -0.4 is 10.6 Å². The summed E-state index contributed by atoms with van der Waals surface area (Å²) >= 11 is 3.38. The molecule has 2 N–H and O–H groups in total. The third-order valence-electron chi connectivity index (χ3n) is 2.74. The number of nitrogens with zero attached hydrogens (tertiary/aromatic N) is 1. The van der Waals surface area contributed by atoms with E-state index < -0.39 is 11.0 Å². The molecule has 21 heavy (non-hydrogen) atoms. The molecule has 0 aliphatic rings. The maximum absolute atomic E-state index is 11.9. The minimum absolute atomic E-state index is 0.0779. The zero-order valence-electron chi connectivity index (χ0n) is 11.1. The summed E-state index contributed by atoms with van der Waals surface area (Å²) < 4.78 is 0.885. The van der Waals surface area contributed by atoms with Crippen LogP contribution in [-0.4, -0.2) is 11.0 Å². The summed E-state index contributed by atoms with van der Waals surface area (Å²) in [7, 11) is 0. The van der Waals surface area contributed by atoms with Crippen LogP contribution in [0, 0.1) is 17.0 Å². The lowest BCUT2D eigenvalue weighted by Gasteiger charge is -2.08. The topological polar surface area (TPSA) is 84.3 Å². The van der Waals surface area contributed by atoms with E-state index in [9.17, 15) is 14.9 Å². The van der Waals surface area contributed by atoms with Gasteiger partial charge in [-0.2, -0.15) is 0 Å². The monoisotopic (exact) mass is 349 g/mol. The van der Waals surface area contributed by atoms with Gasteiger partial charge in [-0.1, -0.05) is 28.1 Å². The van der Waals surface area contributed by atoms with Gasteiger partial charge in [0, 0.05) is 28.0 Å². The summed E-state index contributed by atoms with van der Waals surface area (Å²) in [6.45, 7) is 1.94. The van der Waals surface area contributed by atoms with Crippen molar-refractivity contribution in [3.8, 4) is 0 Å². The number of carbonyl (C=O) groups excluding carboxylic acids is 1. The summed E-state index contributed by atoms with van der Waals surface area (Å²) in [5.41, 5.74) is 1.95.